The van der Waals surface area contributed by atoms with Crippen molar-refractivity contribution >= 4 is 33.2 Å². The van der Waals surface area contributed by atoms with E-state index in [1.54, 1.807) is 0 Å². The van der Waals surface area contributed by atoms with Crippen molar-refractivity contribution < 1.29 is 58.5 Å². The van der Waals surface area contributed by atoms with Crippen LogP contribution in [0.15, 0.2) is 18.2 Å². The molecule has 3 saturated heterocycles. The number of fused-ring (bicyclic) bond motifs is 4. The Morgan fingerprint density at radius 1 is 1.02 bits per heavy atom. The number of hydrogen-bond acceptors (Lipinski definition) is 8. The number of nitrogens with two attached hydrogens (primary N) is 1. The molecule has 3 N–H and O–H groups in total. The Kier molecular flexibility index (Phi) is 9.26. The molecule has 4 aliphatic rings. The number of aromatic hydroxyl groups is 1. The zero-order valence-corrected chi connectivity index (χ0v) is 29.1. The van der Waals surface area contributed by atoms with Crippen LogP contribution in [0.3, 0.4) is 0 Å². The summed E-state index contributed by atoms with van der Waals surface area (Å²) in [7, 11) is 0. The Morgan fingerprint density at radius 3 is 2.63 bits per heavy atom. The SMILES string of the molecule is C#Cc1c(F)cc(F)c2cc(N)cc(-c3nc4c5c(nc(O)nc5c3F)N3CCCCC[C@H]3CO4)c12.F[C@@H]1C[C-]2CCCN2C1.[U]. The summed E-state index contributed by atoms with van der Waals surface area (Å²) in [6.45, 7) is 2.71. The number of terminal acetylenes is 1. The third-order valence-electron chi connectivity index (χ3n) is 9.06. The minimum absolute atomic E-state index is 0. The monoisotopic (exact) mass is 857 g/mol. The molecule has 46 heavy (non-hydrogen) atoms. The molecule has 0 saturated carbocycles. The Labute approximate surface area is 287 Å². The molecule has 0 spiro atoms. The van der Waals surface area contributed by atoms with Crippen LogP contribution < -0.4 is 15.4 Å². The molecular weight excluding hydrogens is 826 g/mol. The topological polar surface area (TPSA) is 101 Å². The maximum atomic E-state index is 16.2. The van der Waals surface area contributed by atoms with Crippen molar-refractivity contribution in [3.8, 4) is 35.5 Å². The third kappa shape index (κ3) is 5.74. The Bertz CT molecular complexity index is 1860. The molecule has 0 bridgehead atoms. The Morgan fingerprint density at radius 2 is 1.85 bits per heavy atom. The molecule has 13 heteroatoms. The number of hydrogen-bond donors (Lipinski definition) is 2. The van der Waals surface area contributed by atoms with Crippen LogP contribution in [0.5, 0.6) is 11.9 Å². The number of rotatable bonds is 1. The average Bonchev–Trinajstić information content (AvgIpc) is 3.44. The molecule has 0 amide bonds. The fourth-order valence-electron chi connectivity index (χ4n) is 7.04. The summed E-state index contributed by atoms with van der Waals surface area (Å²) in [6, 6.07) is 4.02. The first kappa shape index (κ1) is 32.6. The van der Waals surface area contributed by atoms with Gasteiger partial charge in [0.05, 0.1) is 17.8 Å². The van der Waals surface area contributed by atoms with Crippen molar-refractivity contribution in [2.75, 3.05) is 36.9 Å². The van der Waals surface area contributed by atoms with Crippen LogP contribution in [-0.4, -0.2) is 63.4 Å². The van der Waals surface area contributed by atoms with E-state index >= 15 is 4.39 Å². The summed E-state index contributed by atoms with van der Waals surface area (Å²) in [5.41, 5.74) is 5.29. The van der Waals surface area contributed by atoms with Crippen LogP contribution in [0.4, 0.5) is 29.1 Å². The van der Waals surface area contributed by atoms with Crippen molar-refractivity contribution in [2.24, 2.45) is 0 Å². The first-order valence-corrected chi connectivity index (χ1v) is 15.1. The second kappa shape index (κ2) is 13.1. The fraction of sp³-hybridized carbons (Fsp3) is 0.394. The number of pyridine rings is 1. The average molecular weight is 858 g/mol. The fourth-order valence-corrected chi connectivity index (χ4v) is 7.04. The maximum absolute atomic E-state index is 16.2. The molecule has 0 aliphatic carbocycles. The summed E-state index contributed by atoms with van der Waals surface area (Å²) in [5.74, 6) is -0.182. The van der Waals surface area contributed by atoms with Crippen molar-refractivity contribution in [2.45, 2.75) is 57.2 Å². The van der Waals surface area contributed by atoms with E-state index in [2.05, 4.69) is 25.8 Å². The number of nitrogens with zero attached hydrogens (tertiary/aromatic N) is 5. The van der Waals surface area contributed by atoms with Gasteiger partial charge in [-0.1, -0.05) is 25.2 Å². The predicted octanol–water partition coefficient (Wildman–Crippen LogP) is 6.03. The minimum atomic E-state index is -0.973. The van der Waals surface area contributed by atoms with E-state index in [9.17, 15) is 18.3 Å². The van der Waals surface area contributed by atoms with Gasteiger partial charge in [-0.2, -0.15) is 16.4 Å². The molecule has 8 nitrogen and oxygen atoms in total. The number of anilines is 2. The molecule has 2 aromatic carbocycles. The van der Waals surface area contributed by atoms with Gasteiger partial charge in [0.15, 0.2) is 5.82 Å². The van der Waals surface area contributed by atoms with Crippen LogP contribution in [0.2, 0.25) is 0 Å². The molecule has 0 unspecified atom stereocenters. The first-order chi connectivity index (χ1) is 21.7. The van der Waals surface area contributed by atoms with E-state index in [0.29, 0.717) is 25.0 Å². The molecule has 4 aliphatic heterocycles. The summed E-state index contributed by atoms with van der Waals surface area (Å²) in [4.78, 5) is 16.8. The molecule has 8 rings (SSSR count). The zero-order chi connectivity index (χ0) is 31.4. The molecule has 2 aromatic heterocycles. The largest absolute Gasteiger partial charge is 0.479 e. The van der Waals surface area contributed by atoms with Gasteiger partial charge in [0.1, 0.15) is 40.7 Å². The molecule has 238 valence electrons. The number of aromatic nitrogens is 3. The molecule has 3 fully saturated rings. The Balaban J connectivity index is 0.000000318. The van der Waals surface area contributed by atoms with Gasteiger partial charge in [0.2, 0.25) is 5.88 Å². The van der Waals surface area contributed by atoms with E-state index < -0.39 is 29.6 Å². The number of nitrogen functional groups attached to an aromatic ring is 1. The predicted molar refractivity (Wildman–Crippen MR) is 163 cm³/mol. The van der Waals surface area contributed by atoms with Gasteiger partial charge in [-0.25, -0.2) is 28.6 Å². The van der Waals surface area contributed by atoms with E-state index in [1.807, 2.05) is 4.90 Å². The standard InChI is InChI=1S/C26H20F3N5O2.C7H11FN.U/c1-2-14-17(27)10-18(28)15-8-12(30)9-16(19(14)15)22-21(29)23-20-24(33-26(35)32-23)34-7-5-3-4-6-13(34)11-36-25(20)31-22;8-6-4-7-2-1-3-9(7)5-6;/h1,8-10,13H,3-7,11,30H2,(H,32,33,35);6H,1-5H2;/q;-1;/t13-;6-;/m01./s1. The van der Waals surface area contributed by atoms with E-state index in [0.717, 1.165) is 45.1 Å². The smallest absolute Gasteiger partial charge is 0.316 e. The van der Waals surface area contributed by atoms with Crippen molar-refractivity contribution in [1.82, 2.24) is 19.9 Å². The minimum Gasteiger partial charge on any atom is -0.479 e. The molecule has 0 radical (unpaired) electrons. The summed E-state index contributed by atoms with van der Waals surface area (Å²) in [5, 5.41) is 10.4. The van der Waals surface area contributed by atoms with Crippen LogP contribution >= 0.6 is 0 Å². The van der Waals surface area contributed by atoms with Gasteiger partial charge < -0.3 is 25.4 Å². The van der Waals surface area contributed by atoms with E-state index in [-0.39, 0.29) is 93.8 Å². The Hall–Kier alpha value is -3.32. The van der Waals surface area contributed by atoms with Gasteiger partial charge in [0.25, 0.3) is 0 Å². The third-order valence-corrected chi connectivity index (χ3v) is 9.06. The summed E-state index contributed by atoms with van der Waals surface area (Å²) in [6.07, 6.45) is 11.9. The van der Waals surface area contributed by atoms with Gasteiger partial charge in [-0.05, 0) is 38.1 Å². The van der Waals surface area contributed by atoms with Crippen molar-refractivity contribution in [3.05, 3.63) is 47.3 Å². The maximum Gasteiger partial charge on any atom is 0.316 e. The van der Waals surface area contributed by atoms with Crippen LogP contribution in [0.1, 0.15) is 50.5 Å². The quantitative estimate of drug-likeness (QED) is 0.104. The second-order valence-corrected chi connectivity index (χ2v) is 11.9. The van der Waals surface area contributed by atoms with Gasteiger partial charge in [-0.3, -0.25) is 0 Å². The summed E-state index contributed by atoms with van der Waals surface area (Å²) < 4.78 is 64.2. The number of alkyl halides is 1. The molecule has 4 aromatic rings. The first-order valence-electron chi connectivity index (χ1n) is 15.1. The zero-order valence-electron chi connectivity index (χ0n) is 24.9. The number of halogens is 4. The van der Waals surface area contributed by atoms with Gasteiger partial charge in [0, 0.05) is 65.7 Å². The van der Waals surface area contributed by atoms with Crippen LogP contribution in [0.25, 0.3) is 32.9 Å². The van der Waals surface area contributed by atoms with Gasteiger partial charge in [-0.15, -0.1) is 12.8 Å². The van der Waals surface area contributed by atoms with E-state index in [4.69, 9.17) is 16.9 Å². The van der Waals surface area contributed by atoms with Gasteiger partial charge >= 0.3 is 6.01 Å². The van der Waals surface area contributed by atoms with Crippen LogP contribution in [0, 0.1) is 67.0 Å². The number of ether oxygens (including phenoxy) is 1. The molecule has 2 atom stereocenters. The normalized spacial score (nSPS) is 20.9. The second-order valence-electron chi connectivity index (χ2n) is 11.9. The van der Waals surface area contributed by atoms with E-state index in [1.165, 1.54) is 24.6 Å². The van der Waals surface area contributed by atoms with Crippen LogP contribution in [-0.2, 0) is 0 Å². The molecular formula is C33H31F4N6O2U-. The number of benzene rings is 2. The van der Waals surface area contributed by atoms with Crippen molar-refractivity contribution in [3.63, 3.8) is 0 Å². The van der Waals surface area contributed by atoms with Crippen molar-refractivity contribution in [1.29, 1.82) is 0 Å². The summed E-state index contributed by atoms with van der Waals surface area (Å²) >= 11 is 0. The molecule has 6 heterocycles.